The lowest BCUT2D eigenvalue weighted by molar-refractivity contribution is -0.388. The van der Waals surface area contributed by atoms with Crippen molar-refractivity contribution in [1.29, 1.82) is 0 Å². The van der Waals surface area contributed by atoms with Gasteiger partial charge in [-0.05, 0) is 44.9 Å². The van der Waals surface area contributed by atoms with Crippen LogP contribution < -0.4 is 10.2 Å². The van der Waals surface area contributed by atoms with E-state index in [0.717, 1.165) is 11.0 Å². The largest absolute Gasteiger partial charge is 0.444 e. The van der Waals surface area contributed by atoms with E-state index in [0.29, 0.717) is 11.6 Å². The van der Waals surface area contributed by atoms with Crippen LogP contribution in [0, 0.1) is 10.1 Å². The Morgan fingerprint density at radius 2 is 1.82 bits per heavy atom. The average molecular weight is 479 g/mol. The number of nitro benzene ring substituents is 1. The highest BCUT2D eigenvalue weighted by Gasteiger charge is 2.44. The molecular formula is C23H24F3N3O5. The van der Waals surface area contributed by atoms with Crippen molar-refractivity contribution < 1.29 is 32.4 Å². The Morgan fingerprint density at radius 1 is 1.21 bits per heavy atom. The second-order valence-corrected chi connectivity index (χ2v) is 8.95. The van der Waals surface area contributed by atoms with Gasteiger partial charge in [-0.1, -0.05) is 30.3 Å². The van der Waals surface area contributed by atoms with Crippen LogP contribution in [0.1, 0.15) is 50.4 Å². The van der Waals surface area contributed by atoms with Gasteiger partial charge in [-0.25, -0.2) is 4.79 Å². The van der Waals surface area contributed by atoms with Crippen molar-refractivity contribution in [2.45, 2.75) is 58.0 Å². The number of nitrogens with zero attached hydrogens (tertiary/aromatic N) is 2. The zero-order valence-electron chi connectivity index (χ0n) is 19.0. The number of halogens is 3. The van der Waals surface area contributed by atoms with Crippen molar-refractivity contribution in [3.8, 4) is 0 Å². The van der Waals surface area contributed by atoms with Gasteiger partial charge >= 0.3 is 12.3 Å². The Kier molecular flexibility index (Phi) is 6.59. The van der Waals surface area contributed by atoms with Crippen LogP contribution in [0.4, 0.5) is 29.3 Å². The quantitative estimate of drug-likeness (QED) is 0.482. The zero-order chi connectivity index (χ0) is 25.4. The lowest BCUT2D eigenvalue weighted by Gasteiger charge is -2.38. The molecule has 0 fully saturated rings. The molecule has 2 aromatic rings. The Hall–Kier alpha value is -3.63. The summed E-state index contributed by atoms with van der Waals surface area (Å²) in [5.74, 6) is -0.656. The van der Waals surface area contributed by atoms with Crippen LogP contribution in [0.5, 0.6) is 0 Å². The first-order valence-corrected chi connectivity index (χ1v) is 10.4. The summed E-state index contributed by atoms with van der Waals surface area (Å²) in [5.41, 5.74) is -2.76. The summed E-state index contributed by atoms with van der Waals surface area (Å²) in [5, 5.41) is 13.9. The molecule has 0 aromatic heterocycles. The number of alkyl carbamates (subject to hydrolysis) is 1. The van der Waals surface area contributed by atoms with Crippen molar-refractivity contribution in [1.82, 2.24) is 5.32 Å². The second-order valence-electron chi connectivity index (χ2n) is 8.95. The first-order valence-electron chi connectivity index (χ1n) is 10.4. The summed E-state index contributed by atoms with van der Waals surface area (Å²) in [7, 11) is 0. The number of nitro groups is 1. The van der Waals surface area contributed by atoms with Gasteiger partial charge < -0.3 is 15.0 Å². The molecule has 0 bridgehead atoms. The van der Waals surface area contributed by atoms with E-state index in [1.165, 1.54) is 0 Å². The molecule has 0 saturated carbocycles. The zero-order valence-corrected chi connectivity index (χ0v) is 19.0. The second kappa shape index (κ2) is 8.96. The number of carbonyl (C=O) groups is 2. The van der Waals surface area contributed by atoms with Crippen molar-refractivity contribution in [2.75, 3.05) is 4.90 Å². The van der Waals surface area contributed by atoms with E-state index in [-0.39, 0.29) is 17.7 Å². The minimum atomic E-state index is -5.01. The maximum atomic E-state index is 13.7. The molecule has 0 aliphatic carbocycles. The van der Waals surface area contributed by atoms with Crippen LogP contribution in [0.25, 0.3) is 0 Å². The van der Waals surface area contributed by atoms with Gasteiger partial charge in [0.25, 0.3) is 11.6 Å². The molecule has 0 spiro atoms. The van der Waals surface area contributed by atoms with Gasteiger partial charge in [-0.3, -0.25) is 14.9 Å². The predicted molar refractivity (Wildman–Crippen MR) is 117 cm³/mol. The van der Waals surface area contributed by atoms with Crippen molar-refractivity contribution in [3.05, 3.63) is 69.3 Å². The molecule has 34 heavy (non-hydrogen) atoms. The fourth-order valence-corrected chi connectivity index (χ4v) is 3.82. The normalized spacial score (nSPS) is 17.1. The highest BCUT2D eigenvalue weighted by Crippen LogP contribution is 2.43. The number of fused-ring (bicyclic) bond motifs is 1. The highest BCUT2D eigenvalue weighted by atomic mass is 19.4. The Labute approximate surface area is 193 Å². The third-order valence-corrected chi connectivity index (χ3v) is 5.28. The maximum Gasteiger partial charge on any atom is 0.423 e. The molecule has 2 amide bonds. The Balaban J connectivity index is 2.13. The van der Waals surface area contributed by atoms with Gasteiger partial charge in [0.05, 0.1) is 11.0 Å². The van der Waals surface area contributed by atoms with E-state index in [1.807, 2.05) is 0 Å². The lowest BCUT2D eigenvalue weighted by atomic mass is 9.92. The molecule has 1 N–H and O–H groups in total. The minimum Gasteiger partial charge on any atom is -0.444 e. The fraction of sp³-hybridized carbons (Fsp3) is 0.391. The molecule has 3 rings (SSSR count). The number of nitrogens with one attached hydrogen (secondary N) is 1. The summed E-state index contributed by atoms with van der Waals surface area (Å²) in [4.78, 5) is 37.2. The van der Waals surface area contributed by atoms with E-state index in [1.54, 1.807) is 58.0 Å². The van der Waals surface area contributed by atoms with E-state index < -0.39 is 52.0 Å². The van der Waals surface area contributed by atoms with Crippen LogP contribution in [0.15, 0.2) is 42.5 Å². The number of amides is 2. The molecule has 8 nitrogen and oxygen atoms in total. The van der Waals surface area contributed by atoms with Crippen LogP contribution in [-0.2, 0) is 22.1 Å². The van der Waals surface area contributed by atoms with Crippen molar-refractivity contribution in [3.63, 3.8) is 0 Å². The van der Waals surface area contributed by atoms with E-state index in [9.17, 15) is 32.9 Å². The lowest BCUT2D eigenvalue weighted by Crippen LogP contribution is -2.54. The van der Waals surface area contributed by atoms with Crippen LogP contribution in [0.2, 0.25) is 0 Å². The monoisotopic (exact) mass is 479 g/mol. The molecule has 2 atom stereocenters. The molecule has 2 aromatic carbocycles. The molecule has 182 valence electrons. The van der Waals surface area contributed by atoms with Gasteiger partial charge in [0.15, 0.2) is 0 Å². The van der Waals surface area contributed by atoms with Crippen LogP contribution >= 0.6 is 0 Å². The van der Waals surface area contributed by atoms with Crippen LogP contribution in [-0.4, -0.2) is 28.6 Å². The Bertz CT molecular complexity index is 1110. The first-order chi connectivity index (χ1) is 15.7. The van der Waals surface area contributed by atoms with Crippen molar-refractivity contribution >= 4 is 23.4 Å². The van der Waals surface area contributed by atoms with Gasteiger partial charge in [-0.15, -0.1) is 0 Å². The Morgan fingerprint density at radius 3 is 2.35 bits per heavy atom. The van der Waals surface area contributed by atoms with Crippen LogP contribution in [0.3, 0.4) is 0 Å². The number of carbonyl (C=O) groups excluding carboxylic acids is 2. The summed E-state index contributed by atoms with van der Waals surface area (Å²) in [6.45, 7) is 6.53. The third-order valence-electron chi connectivity index (χ3n) is 5.28. The van der Waals surface area contributed by atoms with E-state index in [4.69, 9.17) is 4.74 Å². The molecule has 1 aliphatic heterocycles. The van der Waals surface area contributed by atoms with Crippen molar-refractivity contribution in [2.24, 2.45) is 0 Å². The summed E-state index contributed by atoms with van der Waals surface area (Å²) in [6, 6.07) is 8.14. The number of hydrogen-bond donors (Lipinski definition) is 1. The fourth-order valence-electron chi connectivity index (χ4n) is 3.82. The van der Waals surface area contributed by atoms with Gasteiger partial charge in [0, 0.05) is 18.2 Å². The number of anilines is 1. The summed E-state index contributed by atoms with van der Waals surface area (Å²) in [6.07, 6.45) is -6.12. The number of rotatable bonds is 4. The third kappa shape index (κ3) is 5.29. The minimum absolute atomic E-state index is 0.0958. The molecular weight excluding hydrogens is 455 g/mol. The standard InChI is InChI=1S/C23H24F3N3O5/c1-13(14-8-6-5-7-9-14)28-18-12-16(23(24,25)26)19(29(32)33)11-15(18)10-17(20(28)30)27-21(31)34-22(2,3)4/h5-9,11-13,17H,10H2,1-4H3,(H,27,31)/t13-,17+/m0/s1. The number of alkyl halides is 3. The van der Waals surface area contributed by atoms with Gasteiger partial charge in [-0.2, -0.15) is 13.2 Å². The van der Waals surface area contributed by atoms with Gasteiger partial charge in [0.2, 0.25) is 0 Å². The molecule has 11 heteroatoms. The summed E-state index contributed by atoms with van der Waals surface area (Å²) < 4.78 is 46.2. The van der Waals surface area contributed by atoms with Gasteiger partial charge in [0.1, 0.15) is 17.2 Å². The number of ether oxygens (including phenoxy) is 1. The molecule has 1 aliphatic rings. The molecule has 0 saturated heterocycles. The smallest absolute Gasteiger partial charge is 0.423 e. The predicted octanol–water partition coefficient (Wildman–Crippen LogP) is 5.16. The average Bonchev–Trinajstić information content (AvgIpc) is 2.71. The SMILES string of the molecule is C[C@@H](c1ccccc1)N1C(=O)[C@H](NC(=O)OC(C)(C)C)Cc2cc([N+](=O)[O-])c(C(F)(F)F)cc21. The number of benzene rings is 2. The summed E-state index contributed by atoms with van der Waals surface area (Å²) >= 11 is 0. The topological polar surface area (TPSA) is 102 Å². The maximum absolute atomic E-state index is 13.7. The molecule has 1 heterocycles. The number of hydrogen-bond acceptors (Lipinski definition) is 5. The van der Waals surface area contributed by atoms with E-state index in [2.05, 4.69) is 5.32 Å². The highest BCUT2D eigenvalue weighted by molar-refractivity contribution is 6.02. The molecule has 0 radical (unpaired) electrons. The first kappa shape index (κ1) is 25.0. The molecule has 0 unspecified atom stereocenters. The van der Waals surface area contributed by atoms with E-state index >= 15 is 0 Å².